The summed E-state index contributed by atoms with van der Waals surface area (Å²) in [6.45, 7) is 8.17. The average Bonchev–Trinajstić information content (AvgIpc) is 3.01. The third-order valence-corrected chi connectivity index (χ3v) is 4.19. The molecule has 2 aromatic rings. The Morgan fingerprint density at radius 1 is 1.25 bits per heavy atom. The summed E-state index contributed by atoms with van der Waals surface area (Å²) in [4.78, 5) is 16.6. The van der Waals surface area contributed by atoms with Gasteiger partial charge in [0.25, 0.3) is 0 Å². The van der Waals surface area contributed by atoms with Crippen LogP contribution in [-0.2, 0) is 4.79 Å². The molecule has 0 aliphatic rings. The third kappa shape index (κ3) is 4.81. The lowest BCUT2D eigenvalue weighted by Crippen LogP contribution is -2.33. The van der Waals surface area contributed by atoms with Crippen molar-refractivity contribution in [3.63, 3.8) is 0 Å². The largest absolute Gasteiger partial charge is 0.344 e. The van der Waals surface area contributed by atoms with E-state index >= 15 is 0 Å². The van der Waals surface area contributed by atoms with Crippen LogP contribution in [0.1, 0.15) is 52.5 Å². The molecule has 0 saturated heterocycles. The van der Waals surface area contributed by atoms with Crippen molar-refractivity contribution < 1.29 is 9.32 Å². The molecule has 6 heteroatoms. The number of hydrogen-bond acceptors (Lipinski definition) is 4. The topological polar surface area (TPSA) is 68.0 Å². The number of nitrogens with zero attached hydrogens (tertiary/aromatic N) is 2. The van der Waals surface area contributed by atoms with E-state index in [0.29, 0.717) is 29.1 Å². The first-order valence-electron chi connectivity index (χ1n) is 8.29. The van der Waals surface area contributed by atoms with Crippen molar-refractivity contribution in [3.8, 4) is 11.4 Å². The molecule has 1 heterocycles. The van der Waals surface area contributed by atoms with Crippen molar-refractivity contribution in [3.05, 3.63) is 35.2 Å². The number of nitrogens with one attached hydrogen (secondary N) is 1. The number of rotatable bonds is 7. The molecular formula is C18H24ClN3O2. The molecule has 0 aliphatic carbocycles. The van der Waals surface area contributed by atoms with Crippen LogP contribution in [0, 0.1) is 11.8 Å². The van der Waals surface area contributed by atoms with E-state index in [1.54, 1.807) is 12.1 Å². The van der Waals surface area contributed by atoms with E-state index in [0.717, 1.165) is 12.0 Å². The zero-order valence-electron chi connectivity index (χ0n) is 14.5. The predicted molar refractivity (Wildman–Crippen MR) is 94.5 cm³/mol. The summed E-state index contributed by atoms with van der Waals surface area (Å²) in [6.07, 6.45) is 1.37. The number of benzene rings is 1. The maximum atomic E-state index is 12.2. The van der Waals surface area contributed by atoms with Gasteiger partial charge >= 0.3 is 0 Å². The van der Waals surface area contributed by atoms with Gasteiger partial charge in [-0.15, -0.1) is 0 Å². The maximum absolute atomic E-state index is 12.2. The molecule has 0 radical (unpaired) electrons. The molecule has 1 aromatic heterocycles. The van der Waals surface area contributed by atoms with Gasteiger partial charge in [0, 0.05) is 17.0 Å². The van der Waals surface area contributed by atoms with E-state index in [1.165, 1.54) is 0 Å². The minimum atomic E-state index is -0.283. The van der Waals surface area contributed by atoms with E-state index < -0.39 is 0 Å². The number of amides is 1. The van der Waals surface area contributed by atoms with Gasteiger partial charge in [0.1, 0.15) is 6.04 Å². The van der Waals surface area contributed by atoms with Gasteiger partial charge in [-0.25, -0.2) is 0 Å². The van der Waals surface area contributed by atoms with Crippen LogP contribution >= 0.6 is 11.6 Å². The van der Waals surface area contributed by atoms with Crippen LogP contribution in [0.4, 0.5) is 0 Å². The van der Waals surface area contributed by atoms with Crippen molar-refractivity contribution in [2.75, 3.05) is 0 Å². The Bertz CT molecular complexity index is 667. The number of aromatic nitrogens is 2. The zero-order valence-corrected chi connectivity index (χ0v) is 15.3. The van der Waals surface area contributed by atoms with Crippen LogP contribution in [-0.4, -0.2) is 16.0 Å². The molecule has 130 valence electrons. The molecule has 0 fully saturated rings. The molecule has 0 unspecified atom stereocenters. The lowest BCUT2D eigenvalue weighted by atomic mass is 9.98. The van der Waals surface area contributed by atoms with Crippen molar-refractivity contribution >= 4 is 17.5 Å². The second-order valence-electron chi connectivity index (χ2n) is 6.49. The van der Waals surface area contributed by atoms with E-state index in [-0.39, 0.29) is 17.9 Å². The van der Waals surface area contributed by atoms with Crippen LogP contribution in [0.15, 0.2) is 28.8 Å². The van der Waals surface area contributed by atoms with Gasteiger partial charge in [-0.3, -0.25) is 4.79 Å². The van der Waals surface area contributed by atoms with Crippen LogP contribution in [0.3, 0.4) is 0 Å². The standard InChI is InChI=1S/C18H24ClN3O2/c1-5-12(4)16(20-15(23)10-11(2)3)18-21-17(22-24-18)13-6-8-14(19)9-7-13/h6-9,11-12,16H,5,10H2,1-4H3,(H,20,23)/t12-,16+/m1/s1. The molecule has 5 nitrogen and oxygen atoms in total. The first kappa shape index (κ1) is 18.5. The van der Waals surface area contributed by atoms with E-state index in [9.17, 15) is 4.79 Å². The normalized spacial score (nSPS) is 13.8. The van der Waals surface area contributed by atoms with Crippen LogP contribution in [0.2, 0.25) is 5.02 Å². The summed E-state index contributed by atoms with van der Waals surface area (Å²) in [5.74, 6) is 1.43. The van der Waals surface area contributed by atoms with E-state index in [4.69, 9.17) is 16.1 Å². The quantitative estimate of drug-likeness (QED) is 0.790. The van der Waals surface area contributed by atoms with Crippen LogP contribution in [0.5, 0.6) is 0 Å². The summed E-state index contributed by atoms with van der Waals surface area (Å²) in [6, 6.07) is 6.96. The summed E-state index contributed by atoms with van der Waals surface area (Å²) in [5.41, 5.74) is 0.825. The number of carbonyl (C=O) groups excluding carboxylic acids is 1. The van der Waals surface area contributed by atoms with Gasteiger partial charge in [-0.05, 0) is 36.1 Å². The highest BCUT2D eigenvalue weighted by molar-refractivity contribution is 6.30. The van der Waals surface area contributed by atoms with Crippen molar-refractivity contribution in [1.82, 2.24) is 15.5 Å². The zero-order chi connectivity index (χ0) is 17.7. The SMILES string of the molecule is CC[C@@H](C)[C@H](NC(=O)CC(C)C)c1nc(-c2ccc(Cl)cc2)no1. The molecule has 0 bridgehead atoms. The van der Waals surface area contributed by atoms with E-state index in [2.05, 4.69) is 29.3 Å². The second kappa shape index (κ2) is 8.29. The fraction of sp³-hybridized carbons (Fsp3) is 0.500. The minimum absolute atomic E-state index is 0.00143. The average molecular weight is 350 g/mol. The fourth-order valence-corrected chi connectivity index (χ4v) is 2.49. The van der Waals surface area contributed by atoms with Crippen LogP contribution < -0.4 is 5.32 Å². The first-order valence-corrected chi connectivity index (χ1v) is 8.67. The molecule has 2 rings (SSSR count). The molecule has 0 spiro atoms. The predicted octanol–water partition coefficient (Wildman–Crippen LogP) is 4.64. The number of hydrogen-bond donors (Lipinski definition) is 1. The Balaban J connectivity index is 2.21. The van der Waals surface area contributed by atoms with Gasteiger partial charge in [0.05, 0.1) is 0 Å². The summed E-state index contributed by atoms with van der Waals surface area (Å²) >= 11 is 5.90. The highest BCUT2D eigenvalue weighted by Gasteiger charge is 2.26. The molecule has 24 heavy (non-hydrogen) atoms. The highest BCUT2D eigenvalue weighted by atomic mass is 35.5. The minimum Gasteiger partial charge on any atom is -0.344 e. The first-order chi connectivity index (χ1) is 11.4. The molecule has 1 N–H and O–H groups in total. The summed E-state index contributed by atoms with van der Waals surface area (Å²) in [5, 5.41) is 7.73. The molecule has 0 aliphatic heterocycles. The van der Waals surface area contributed by atoms with E-state index in [1.807, 2.05) is 26.0 Å². The second-order valence-corrected chi connectivity index (χ2v) is 6.93. The summed E-state index contributed by atoms with van der Waals surface area (Å²) < 4.78 is 5.43. The molecular weight excluding hydrogens is 326 g/mol. The Labute approximate surface area is 147 Å². The van der Waals surface area contributed by atoms with Crippen molar-refractivity contribution in [1.29, 1.82) is 0 Å². The molecule has 1 aromatic carbocycles. The van der Waals surface area contributed by atoms with Crippen molar-refractivity contribution in [2.45, 2.75) is 46.6 Å². The highest BCUT2D eigenvalue weighted by Crippen LogP contribution is 2.26. The monoisotopic (exact) mass is 349 g/mol. The van der Waals surface area contributed by atoms with Gasteiger partial charge in [0.15, 0.2) is 0 Å². The number of halogens is 1. The maximum Gasteiger partial charge on any atom is 0.249 e. The molecule has 0 saturated carbocycles. The van der Waals surface area contributed by atoms with Crippen LogP contribution in [0.25, 0.3) is 11.4 Å². The summed E-state index contributed by atoms with van der Waals surface area (Å²) in [7, 11) is 0. The van der Waals surface area contributed by atoms with Gasteiger partial charge in [0.2, 0.25) is 17.6 Å². The number of carbonyl (C=O) groups is 1. The lowest BCUT2D eigenvalue weighted by Gasteiger charge is -2.21. The Kier molecular flexibility index (Phi) is 6.37. The molecule has 2 atom stereocenters. The van der Waals surface area contributed by atoms with Crippen molar-refractivity contribution in [2.24, 2.45) is 11.8 Å². The lowest BCUT2D eigenvalue weighted by molar-refractivity contribution is -0.123. The Morgan fingerprint density at radius 3 is 2.50 bits per heavy atom. The Hall–Kier alpha value is -1.88. The smallest absolute Gasteiger partial charge is 0.249 e. The fourth-order valence-electron chi connectivity index (χ4n) is 2.36. The Morgan fingerprint density at radius 2 is 1.92 bits per heavy atom. The third-order valence-electron chi connectivity index (χ3n) is 3.93. The molecule has 1 amide bonds. The van der Waals surface area contributed by atoms with Gasteiger partial charge in [-0.2, -0.15) is 4.98 Å². The van der Waals surface area contributed by atoms with Gasteiger partial charge < -0.3 is 9.84 Å². The van der Waals surface area contributed by atoms with Gasteiger partial charge in [-0.1, -0.05) is 50.9 Å².